The van der Waals surface area contributed by atoms with Crippen molar-refractivity contribution in [3.05, 3.63) is 17.1 Å². The third-order valence-corrected chi connectivity index (χ3v) is 3.32. The third-order valence-electron chi connectivity index (χ3n) is 2.58. The molecular weight excluding hydrogens is 184 g/mol. The van der Waals surface area contributed by atoms with Gasteiger partial charge in [0.25, 0.3) is 0 Å². The number of hydrogen-bond donors (Lipinski definition) is 1. The van der Waals surface area contributed by atoms with Crippen LogP contribution in [0.5, 0.6) is 0 Å². The minimum absolute atomic E-state index is 0.0394. The van der Waals surface area contributed by atoms with Gasteiger partial charge in [0.2, 0.25) is 0 Å². The molecule has 1 aromatic heterocycles. The molecule has 1 atom stereocenters. The van der Waals surface area contributed by atoms with Gasteiger partial charge in [-0.25, -0.2) is 4.37 Å². The number of nitrogens with two attached hydrogens (primary N) is 1. The van der Waals surface area contributed by atoms with Crippen molar-refractivity contribution < 1.29 is 4.79 Å². The molecule has 0 bridgehead atoms. The van der Waals surface area contributed by atoms with E-state index in [2.05, 4.69) is 4.37 Å². The molecule has 2 N–H and O–H groups in total. The largest absolute Gasteiger partial charge is 0.319 e. The van der Waals surface area contributed by atoms with Gasteiger partial charge in [0.05, 0.1) is 10.4 Å². The molecule has 0 saturated heterocycles. The van der Waals surface area contributed by atoms with Gasteiger partial charge in [-0.2, -0.15) is 0 Å². The molecule has 4 heteroatoms. The maximum atomic E-state index is 11.9. The Balaban J connectivity index is 2.21. The van der Waals surface area contributed by atoms with E-state index in [1.807, 2.05) is 6.92 Å². The second-order valence-electron chi connectivity index (χ2n) is 3.76. The Morgan fingerprint density at radius 3 is 2.92 bits per heavy atom. The maximum Gasteiger partial charge on any atom is 0.194 e. The van der Waals surface area contributed by atoms with Crippen molar-refractivity contribution in [3.8, 4) is 0 Å². The van der Waals surface area contributed by atoms with E-state index in [0.29, 0.717) is 10.8 Å². The highest BCUT2D eigenvalue weighted by Gasteiger charge is 2.44. The Labute approximate surface area is 81.1 Å². The van der Waals surface area contributed by atoms with E-state index in [1.165, 1.54) is 11.5 Å². The number of Topliss-reactive ketones (excluding diaryl/α,β-unsaturated/α-hetero) is 1. The molecule has 1 saturated carbocycles. The minimum Gasteiger partial charge on any atom is -0.319 e. The molecule has 1 aliphatic carbocycles. The second-order valence-corrected chi connectivity index (χ2v) is 4.60. The van der Waals surface area contributed by atoms with Crippen LogP contribution in [0, 0.1) is 5.92 Å². The average Bonchev–Trinajstić information content (AvgIpc) is 2.82. The van der Waals surface area contributed by atoms with Crippen LogP contribution in [-0.4, -0.2) is 15.7 Å². The predicted octanol–water partition coefficient (Wildman–Crippen LogP) is 1.45. The lowest BCUT2D eigenvalue weighted by molar-refractivity contribution is 0.0887. The number of aromatic nitrogens is 1. The molecule has 0 aliphatic heterocycles. The number of carbonyl (C=O) groups excluding carboxylic acids is 1. The first-order chi connectivity index (χ1) is 6.12. The summed E-state index contributed by atoms with van der Waals surface area (Å²) in [5.74, 6) is 0.416. The van der Waals surface area contributed by atoms with E-state index in [1.54, 1.807) is 12.3 Å². The van der Waals surface area contributed by atoms with Crippen molar-refractivity contribution in [2.24, 2.45) is 11.7 Å². The molecule has 13 heavy (non-hydrogen) atoms. The third kappa shape index (κ3) is 1.51. The summed E-state index contributed by atoms with van der Waals surface area (Å²) in [6.45, 7) is 1.83. The van der Waals surface area contributed by atoms with E-state index in [-0.39, 0.29) is 5.78 Å². The smallest absolute Gasteiger partial charge is 0.194 e. The summed E-state index contributed by atoms with van der Waals surface area (Å²) in [4.78, 5) is 12.5. The lowest BCUT2D eigenvalue weighted by atomic mass is 9.91. The summed E-state index contributed by atoms with van der Waals surface area (Å²) in [6.07, 6.45) is 3.80. The Morgan fingerprint density at radius 2 is 2.46 bits per heavy atom. The molecule has 0 spiro atoms. The average molecular weight is 196 g/mol. The summed E-state index contributed by atoms with van der Waals surface area (Å²) in [7, 11) is 0. The van der Waals surface area contributed by atoms with Gasteiger partial charge in [0, 0.05) is 6.20 Å². The summed E-state index contributed by atoms with van der Waals surface area (Å²) in [5, 5.41) is 0. The summed E-state index contributed by atoms with van der Waals surface area (Å²) in [5.41, 5.74) is 5.31. The lowest BCUT2D eigenvalue weighted by Crippen LogP contribution is -2.46. The van der Waals surface area contributed by atoms with Crippen molar-refractivity contribution in [1.82, 2.24) is 4.37 Å². The molecule has 1 fully saturated rings. The highest BCUT2D eigenvalue weighted by molar-refractivity contribution is 7.08. The summed E-state index contributed by atoms with van der Waals surface area (Å²) in [6, 6.07) is 1.74. The lowest BCUT2D eigenvalue weighted by Gasteiger charge is -2.21. The van der Waals surface area contributed by atoms with Crippen LogP contribution >= 0.6 is 11.5 Å². The number of ketones is 1. The van der Waals surface area contributed by atoms with Crippen LogP contribution in [0.2, 0.25) is 0 Å². The van der Waals surface area contributed by atoms with Gasteiger partial charge in [-0.15, -0.1) is 0 Å². The molecule has 2 rings (SSSR count). The molecule has 0 amide bonds. The molecule has 1 unspecified atom stereocenters. The fourth-order valence-electron chi connectivity index (χ4n) is 1.47. The van der Waals surface area contributed by atoms with Crippen LogP contribution in [0.1, 0.15) is 29.4 Å². The second kappa shape index (κ2) is 2.89. The van der Waals surface area contributed by atoms with Gasteiger partial charge in [-0.1, -0.05) is 0 Å². The fourth-order valence-corrected chi connectivity index (χ4v) is 2.13. The van der Waals surface area contributed by atoms with Gasteiger partial charge in [-0.3, -0.25) is 4.79 Å². The number of hydrogen-bond acceptors (Lipinski definition) is 4. The first-order valence-corrected chi connectivity index (χ1v) is 5.14. The van der Waals surface area contributed by atoms with Crippen molar-refractivity contribution in [3.63, 3.8) is 0 Å². The number of rotatable bonds is 3. The molecule has 1 heterocycles. The Bertz CT molecular complexity index is 314. The zero-order valence-corrected chi connectivity index (χ0v) is 8.30. The maximum absolute atomic E-state index is 11.9. The number of carbonyl (C=O) groups is 1. The Hall–Kier alpha value is -0.740. The van der Waals surface area contributed by atoms with Crippen LogP contribution in [0.25, 0.3) is 0 Å². The van der Waals surface area contributed by atoms with Crippen LogP contribution < -0.4 is 5.73 Å². The van der Waals surface area contributed by atoms with Crippen LogP contribution in [0.3, 0.4) is 0 Å². The van der Waals surface area contributed by atoms with Crippen LogP contribution in [0.15, 0.2) is 12.3 Å². The van der Waals surface area contributed by atoms with Gasteiger partial charge in [0.15, 0.2) is 5.78 Å². The summed E-state index contributed by atoms with van der Waals surface area (Å²) < 4.78 is 3.90. The van der Waals surface area contributed by atoms with Crippen molar-refractivity contribution in [2.45, 2.75) is 25.3 Å². The normalized spacial score (nSPS) is 21.1. The van der Waals surface area contributed by atoms with E-state index in [9.17, 15) is 4.79 Å². The van der Waals surface area contributed by atoms with Crippen molar-refractivity contribution in [2.75, 3.05) is 0 Å². The molecule has 3 nitrogen and oxygen atoms in total. The first-order valence-electron chi connectivity index (χ1n) is 4.36. The van der Waals surface area contributed by atoms with Crippen molar-refractivity contribution >= 4 is 17.3 Å². The first kappa shape index (κ1) is 8.84. The summed E-state index contributed by atoms with van der Waals surface area (Å²) >= 11 is 1.22. The highest BCUT2D eigenvalue weighted by atomic mass is 32.1. The SMILES string of the molecule is CC(N)(C(=O)c1ccns1)C1CC1. The van der Waals surface area contributed by atoms with Gasteiger partial charge >= 0.3 is 0 Å². The molecule has 70 valence electrons. The van der Waals surface area contributed by atoms with E-state index in [4.69, 9.17) is 5.73 Å². The van der Waals surface area contributed by atoms with Gasteiger partial charge in [0.1, 0.15) is 0 Å². The van der Waals surface area contributed by atoms with E-state index >= 15 is 0 Å². The zero-order chi connectivity index (χ0) is 9.47. The topological polar surface area (TPSA) is 56.0 Å². The quantitative estimate of drug-likeness (QED) is 0.744. The monoisotopic (exact) mass is 196 g/mol. The number of nitrogens with zero attached hydrogens (tertiary/aromatic N) is 1. The zero-order valence-electron chi connectivity index (χ0n) is 7.49. The molecular formula is C9H12N2OS. The minimum atomic E-state index is -0.674. The van der Waals surface area contributed by atoms with Gasteiger partial charge in [-0.05, 0) is 43.3 Å². The molecule has 1 aromatic rings. The Kier molecular flexibility index (Phi) is 1.96. The fraction of sp³-hybridized carbons (Fsp3) is 0.556. The van der Waals surface area contributed by atoms with Crippen molar-refractivity contribution in [1.29, 1.82) is 0 Å². The van der Waals surface area contributed by atoms with Crippen LogP contribution in [-0.2, 0) is 0 Å². The predicted molar refractivity (Wildman–Crippen MR) is 51.8 cm³/mol. The molecule has 1 aliphatic rings. The van der Waals surface area contributed by atoms with Crippen LogP contribution in [0.4, 0.5) is 0 Å². The molecule has 0 aromatic carbocycles. The highest BCUT2D eigenvalue weighted by Crippen LogP contribution is 2.39. The Morgan fingerprint density at radius 1 is 1.77 bits per heavy atom. The standard InChI is InChI=1S/C9H12N2OS/c1-9(10,6-2-3-6)8(12)7-4-5-11-13-7/h4-6H,2-3,10H2,1H3. The van der Waals surface area contributed by atoms with E-state index in [0.717, 1.165) is 12.8 Å². The molecule has 0 radical (unpaired) electrons. The van der Waals surface area contributed by atoms with Gasteiger partial charge < -0.3 is 5.73 Å². The van der Waals surface area contributed by atoms with E-state index < -0.39 is 5.54 Å².